The van der Waals surface area contributed by atoms with Crippen LogP contribution in [0.25, 0.3) is 17.1 Å². The molecule has 0 bridgehead atoms. The standard InChI is InChI=1S/C25H23ClN4O/c1-15-8-9-17(3)22(14-15)30-24(19-10-12-20(26)13-11-19)28-23(29-30)25(31)27-21-7-5-6-16(2)18(21)4/h5-14H,1-4H3,(H,27,31). The summed E-state index contributed by atoms with van der Waals surface area (Å²) in [5.74, 6) is 0.330. The number of anilines is 1. The maximum atomic E-state index is 13.0. The third-order valence-electron chi connectivity index (χ3n) is 5.36. The summed E-state index contributed by atoms with van der Waals surface area (Å²) >= 11 is 6.07. The van der Waals surface area contributed by atoms with E-state index in [1.165, 1.54) is 0 Å². The van der Waals surface area contributed by atoms with Gasteiger partial charge in [-0.25, -0.2) is 9.67 Å². The number of rotatable bonds is 4. The monoisotopic (exact) mass is 430 g/mol. The molecule has 0 spiro atoms. The van der Waals surface area contributed by atoms with Crippen LogP contribution in [0.1, 0.15) is 32.9 Å². The molecule has 156 valence electrons. The summed E-state index contributed by atoms with van der Waals surface area (Å²) in [7, 11) is 0. The first kappa shape index (κ1) is 20.8. The molecule has 3 aromatic carbocycles. The molecule has 1 N–H and O–H groups in total. The Bertz CT molecular complexity index is 1280. The number of aryl methyl sites for hydroxylation is 3. The van der Waals surface area contributed by atoms with Crippen molar-refractivity contribution in [2.75, 3.05) is 5.32 Å². The molecule has 0 aliphatic rings. The number of hydrogen-bond acceptors (Lipinski definition) is 3. The number of halogens is 1. The molecule has 0 aliphatic heterocycles. The zero-order chi connectivity index (χ0) is 22.1. The Morgan fingerprint density at radius 2 is 1.68 bits per heavy atom. The zero-order valence-electron chi connectivity index (χ0n) is 17.9. The van der Waals surface area contributed by atoms with E-state index < -0.39 is 0 Å². The SMILES string of the molecule is Cc1ccc(C)c(-n2nc(C(=O)Nc3cccc(C)c3C)nc2-c2ccc(Cl)cc2)c1. The Kier molecular flexibility index (Phi) is 5.61. The van der Waals surface area contributed by atoms with Gasteiger partial charge in [-0.15, -0.1) is 5.10 Å². The molecule has 1 amide bonds. The lowest BCUT2D eigenvalue weighted by molar-refractivity contribution is 0.101. The molecule has 4 aromatic rings. The summed E-state index contributed by atoms with van der Waals surface area (Å²) < 4.78 is 1.73. The molecule has 0 radical (unpaired) electrons. The normalized spacial score (nSPS) is 10.9. The van der Waals surface area contributed by atoms with Crippen LogP contribution >= 0.6 is 11.6 Å². The average Bonchev–Trinajstić information content (AvgIpc) is 3.19. The zero-order valence-corrected chi connectivity index (χ0v) is 18.7. The van der Waals surface area contributed by atoms with E-state index in [-0.39, 0.29) is 11.7 Å². The molecule has 0 unspecified atom stereocenters. The van der Waals surface area contributed by atoms with Crippen molar-refractivity contribution in [3.05, 3.63) is 93.8 Å². The number of amides is 1. The van der Waals surface area contributed by atoms with Gasteiger partial charge in [-0.2, -0.15) is 0 Å². The Morgan fingerprint density at radius 3 is 2.42 bits per heavy atom. The van der Waals surface area contributed by atoms with Crippen LogP contribution in [0.3, 0.4) is 0 Å². The summed E-state index contributed by atoms with van der Waals surface area (Å²) in [4.78, 5) is 17.6. The fraction of sp³-hybridized carbons (Fsp3) is 0.160. The predicted octanol–water partition coefficient (Wildman–Crippen LogP) is 6.07. The minimum atomic E-state index is -0.354. The first-order valence-electron chi connectivity index (χ1n) is 10.0. The smallest absolute Gasteiger partial charge is 0.295 e. The molecule has 4 rings (SSSR count). The van der Waals surface area contributed by atoms with Crippen molar-refractivity contribution in [1.82, 2.24) is 14.8 Å². The second kappa shape index (κ2) is 8.36. The molecule has 5 nitrogen and oxygen atoms in total. The molecule has 6 heteroatoms. The first-order valence-corrected chi connectivity index (χ1v) is 10.4. The summed E-state index contributed by atoms with van der Waals surface area (Å²) in [5.41, 5.74) is 6.70. The number of aromatic nitrogens is 3. The van der Waals surface area contributed by atoms with Crippen molar-refractivity contribution >= 4 is 23.2 Å². The lowest BCUT2D eigenvalue weighted by Crippen LogP contribution is -2.15. The van der Waals surface area contributed by atoms with E-state index in [9.17, 15) is 4.79 Å². The van der Waals surface area contributed by atoms with Crippen molar-refractivity contribution in [3.63, 3.8) is 0 Å². The molecule has 1 heterocycles. The highest BCUT2D eigenvalue weighted by Crippen LogP contribution is 2.26. The highest BCUT2D eigenvalue weighted by molar-refractivity contribution is 6.30. The Labute approximate surface area is 186 Å². The van der Waals surface area contributed by atoms with Crippen LogP contribution in [0.4, 0.5) is 5.69 Å². The number of carbonyl (C=O) groups is 1. The first-order chi connectivity index (χ1) is 14.8. The maximum absolute atomic E-state index is 13.0. The predicted molar refractivity (Wildman–Crippen MR) is 125 cm³/mol. The fourth-order valence-electron chi connectivity index (χ4n) is 3.37. The van der Waals surface area contributed by atoms with Crippen LogP contribution in [-0.4, -0.2) is 20.7 Å². The largest absolute Gasteiger partial charge is 0.319 e. The molecule has 0 atom stereocenters. The fourth-order valence-corrected chi connectivity index (χ4v) is 3.50. The van der Waals surface area contributed by atoms with Crippen LogP contribution in [-0.2, 0) is 0 Å². The Morgan fingerprint density at radius 1 is 0.935 bits per heavy atom. The summed E-state index contributed by atoms with van der Waals surface area (Å²) in [6.45, 7) is 8.03. The molecule has 0 saturated heterocycles. The van der Waals surface area contributed by atoms with Gasteiger partial charge in [-0.05, 0) is 86.3 Å². The number of nitrogens with zero attached hydrogens (tertiary/aromatic N) is 3. The van der Waals surface area contributed by atoms with Gasteiger partial charge in [0.1, 0.15) is 0 Å². The minimum absolute atomic E-state index is 0.103. The maximum Gasteiger partial charge on any atom is 0.295 e. The topological polar surface area (TPSA) is 59.8 Å². The molecule has 0 saturated carbocycles. The lowest BCUT2D eigenvalue weighted by Gasteiger charge is -2.10. The van der Waals surface area contributed by atoms with Crippen LogP contribution in [0.2, 0.25) is 5.02 Å². The van der Waals surface area contributed by atoms with Gasteiger partial charge in [-0.1, -0.05) is 35.9 Å². The number of hydrogen-bond donors (Lipinski definition) is 1. The van der Waals surface area contributed by atoms with E-state index >= 15 is 0 Å². The van der Waals surface area contributed by atoms with Gasteiger partial charge in [0, 0.05) is 16.3 Å². The second-order valence-electron chi connectivity index (χ2n) is 7.67. The van der Waals surface area contributed by atoms with Gasteiger partial charge in [0.05, 0.1) is 5.69 Å². The van der Waals surface area contributed by atoms with Crippen LogP contribution < -0.4 is 5.32 Å². The molecule has 0 aliphatic carbocycles. The van der Waals surface area contributed by atoms with Gasteiger partial charge < -0.3 is 5.32 Å². The average molecular weight is 431 g/mol. The van der Waals surface area contributed by atoms with Gasteiger partial charge in [0.25, 0.3) is 5.91 Å². The number of carbonyl (C=O) groups excluding carboxylic acids is 1. The molecule has 1 aromatic heterocycles. The molecule has 0 fully saturated rings. The van der Waals surface area contributed by atoms with Crippen molar-refractivity contribution in [1.29, 1.82) is 0 Å². The van der Waals surface area contributed by atoms with Crippen molar-refractivity contribution < 1.29 is 4.79 Å². The van der Waals surface area contributed by atoms with E-state index in [1.807, 2.05) is 76.2 Å². The second-order valence-corrected chi connectivity index (χ2v) is 8.11. The Hall–Kier alpha value is -3.44. The lowest BCUT2D eigenvalue weighted by atomic mass is 10.1. The summed E-state index contributed by atoms with van der Waals surface area (Å²) in [5, 5.41) is 8.17. The summed E-state index contributed by atoms with van der Waals surface area (Å²) in [6.07, 6.45) is 0. The van der Waals surface area contributed by atoms with E-state index in [2.05, 4.69) is 15.4 Å². The van der Waals surface area contributed by atoms with Gasteiger partial charge >= 0.3 is 0 Å². The van der Waals surface area contributed by atoms with Crippen LogP contribution in [0, 0.1) is 27.7 Å². The van der Waals surface area contributed by atoms with Gasteiger partial charge in [0.15, 0.2) is 5.82 Å². The quantitative estimate of drug-likeness (QED) is 0.427. The molecule has 31 heavy (non-hydrogen) atoms. The van der Waals surface area contributed by atoms with Gasteiger partial charge in [0.2, 0.25) is 5.82 Å². The third kappa shape index (κ3) is 4.23. The van der Waals surface area contributed by atoms with E-state index in [4.69, 9.17) is 11.6 Å². The van der Waals surface area contributed by atoms with Crippen molar-refractivity contribution in [3.8, 4) is 17.1 Å². The summed E-state index contributed by atoms with van der Waals surface area (Å²) in [6, 6.07) is 19.3. The number of benzene rings is 3. The minimum Gasteiger partial charge on any atom is -0.319 e. The third-order valence-corrected chi connectivity index (χ3v) is 5.61. The molecular weight excluding hydrogens is 408 g/mol. The van der Waals surface area contributed by atoms with Crippen LogP contribution in [0.15, 0.2) is 60.7 Å². The van der Waals surface area contributed by atoms with Gasteiger partial charge in [-0.3, -0.25) is 4.79 Å². The molecular formula is C25H23ClN4O. The van der Waals surface area contributed by atoms with E-state index in [1.54, 1.807) is 16.8 Å². The van der Waals surface area contributed by atoms with E-state index in [0.29, 0.717) is 10.8 Å². The highest BCUT2D eigenvalue weighted by Gasteiger charge is 2.20. The van der Waals surface area contributed by atoms with E-state index in [0.717, 1.165) is 39.2 Å². The van der Waals surface area contributed by atoms with Crippen LogP contribution in [0.5, 0.6) is 0 Å². The number of nitrogens with one attached hydrogen (secondary N) is 1. The highest BCUT2D eigenvalue weighted by atomic mass is 35.5. The van der Waals surface area contributed by atoms with Crippen molar-refractivity contribution in [2.45, 2.75) is 27.7 Å². The Balaban J connectivity index is 1.81. The van der Waals surface area contributed by atoms with Crippen molar-refractivity contribution in [2.24, 2.45) is 0 Å².